The first-order valence-corrected chi connectivity index (χ1v) is 11.2. The molecule has 1 aliphatic heterocycles. The van der Waals surface area contributed by atoms with Gasteiger partial charge in [-0.25, -0.2) is 8.42 Å². The number of sulfonamides is 1. The second kappa shape index (κ2) is 8.20. The molecule has 1 unspecified atom stereocenters. The Labute approximate surface area is 180 Å². The van der Waals surface area contributed by atoms with Gasteiger partial charge in [-0.3, -0.25) is 10.1 Å². The van der Waals surface area contributed by atoms with Gasteiger partial charge in [-0.15, -0.1) is 5.10 Å². The zero-order valence-corrected chi connectivity index (χ0v) is 18.1. The number of carbonyl (C=O) groups excluding carboxylic acids is 1. The van der Waals surface area contributed by atoms with Crippen LogP contribution < -0.4 is 10.1 Å². The molecule has 4 rings (SSSR count). The highest BCUT2D eigenvalue weighted by Crippen LogP contribution is 2.29. The van der Waals surface area contributed by atoms with Gasteiger partial charge < -0.3 is 13.6 Å². The molecule has 0 spiro atoms. The molecular formula is C18H17BrN4O6S. The summed E-state index contributed by atoms with van der Waals surface area (Å²) >= 11 is 3.18. The first kappa shape index (κ1) is 20.6. The van der Waals surface area contributed by atoms with Crippen LogP contribution in [0.5, 0.6) is 5.75 Å². The number of amides is 1. The summed E-state index contributed by atoms with van der Waals surface area (Å²) in [5.41, 5.74) is 0. The molecule has 1 atom stereocenters. The van der Waals surface area contributed by atoms with E-state index in [-0.39, 0.29) is 23.3 Å². The Kier molecular flexibility index (Phi) is 5.62. The van der Waals surface area contributed by atoms with Crippen molar-refractivity contribution >= 4 is 37.9 Å². The van der Waals surface area contributed by atoms with E-state index in [4.69, 9.17) is 13.6 Å². The largest absolute Gasteiger partial charge is 0.497 e. The van der Waals surface area contributed by atoms with Crippen LogP contribution in [0.4, 0.5) is 6.01 Å². The molecule has 0 radical (unpaired) electrons. The van der Waals surface area contributed by atoms with E-state index in [0.717, 1.165) is 0 Å². The molecule has 1 fully saturated rings. The second-order valence-corrected chi connectivity index (χ2v) is 9.13. The molecule has 3 aromatic rings. The van der Waals surface area contributed by atoms with Crippen LogP contribution in [-0.2, 0) is 14.8 Å². The van der Waals surface area contributed by atoms with Gasteiger partial charge in [0, 0.05) is 6.54 Å². The molecule has 0 bridgehead atoms. The van der Waals surface area contributed by atoms with Gasteiger partial charge in [-0.05, 0) is 65.2 Å². The number of nitrogens with one attached hydrogen (secondary N) is 1. The number of hydrogen-bond donors (Lipinski definition) is 1. The predicted molar refractivity (Wildman–Crippen MR) is 108 cm³/mol. The third-order valence-electron chi connectivity index (χ3n) is 4.61. The summed E-state index contributed by atoms with van der Waals surface area (Å²) in [6.07, 6.45) is 0.941. The van der Waals surface area contributed by atoms with E-state index in [1.54, 1.807) is 24.3 Å². The molecule has 10 nitrogen and oxygen atoms in total. The van der Waals surface area contributed by atoms with Crippen molar-refractivity contribution in [1.29, 1.82) is 0 Å². The van der Waals surface area contributed by atoms with E-state index in [0.29, 0.717) is 29.0 Å². The van der Waals surface area contributed by atoms with Gasteiger partial charge in [0.25, 0.3) is 5.89 Å². The number of rotatable bonds is 6. The summed E-state index contributed by atoms with van der Waals surface area (Å²) in [6, 6.07) is 8.29. The van der Waals surface area contributed by atoms with Gasteiger partial charge in [0.05, 0.1) is 12.0 Å². The number of nitrogens with zero attached hydrogens (tertiary/aromatic N) is 3. The molecule has 30 heavy (non-hydrogen) atoms. The van der Waals surface area contributed by atoms with Gasteiger partial charge in [0.1, 0.15) is 11.8 Å². The highest BCUT2D eigenvalue weighted by molar-refractivity contribution is 9.10. The lowest BCUT2D eigenvalue weighted by Gasteiger charge is -2.22. The van der Waals surface area contributed by atoms with Gasteiger partial charge in [0.2, 0.25) is 15.9 Å². The predicted octanol–water partition coefficient (Wildman–Crippen LogP) is 2.89. The summed E-state index contributed by atoms with van der Waals surface area (Å²) in [4.78, 5) is 12.8. The highest BCUT2D eigenvalue weighted by atomic mass is 79.9. The molecule has 1 amide bonds. The van der Waals surface area contributed by atoms with Crippen LogP contribution in [0.3, 0.4) is 0 Å². The fourth-order valence-electron chi connectivity index (χ4n) is 3.16. The Morgan fingerprint density at radius 2 is 1.97 bits per heavy atom. The molecule has 12 heteroatoms. The maximum Gasteiger partial charge on any atom is 0.322 e. The number of methoxy groups -OCH3 is 1. The van der Waals surface area contributed by atoms with Crippen molar-refractivity contribution in [3.63, 3.8) is 0 Å². The number of aromatic nitrogens is 2. The van der Waals surface area contributed by atoms with Gasteiger partial charge in [-0.1, -0.05) is 5.10 Å². The third kappa shape index (κ3) is 3.98. The van der Waals surface area contributed by atoms with Crippen LogP contribution in [0.25, 0.3) is 11.7 Å². The van der Waals surface area contributed by atoms with Crippen molar-refractivity contribution in [3.05, 3.63) is 41.1 Å². The Bertz CT molecular complexity index is 1160. The standard InChI is InChI=1S/C18H17BrN4O6S/c1-27-11-4-6-12(7-5-11)30(25,26)23-10-2-3-13(23)16(24)20-18-22-21-17(29-18)14-8-9-15(19)28-14/h4-9,13H,2-3,10H2,1H3,(H,20,22,24). The fraction of sp³-hybridized carbons (Fsp3) is 0.278. The first-order chi connectivity index (χ1) is 14.4. The molecule has 2 aromatic heterocycles. The Hall–Kier alpha value is -2.70. The normalized spacial score (nSPS) is 17.2. The maximum atomic E-state index is 13.0. The minimum absolute atomic E-state index is 0.0881. The summed E-state index contributed by atoms with van der Waals surface area (Å²) in [5.74, 6) is 0.422. The quantitative estimate of drug-likeness (QED) is 0.551. The van der Waals surface area contributed by atoms with Crippen LogP contribution in [0, 0.1) is 0 Å². The Balaban J connectivity index is 1.50. The minimum Gasteiger partial charge on any atom is -0.497 e. The summed E-state index contributed by atoms with van der Waals surface area (Å²) in [5, 5.41) is 10.1. The molecule has 1 saturated heterocycles. The first-order valence-electron chi connectivity index (χ1n) is 8.94. The van der Waals surface area contributed by atoms with Gasteiger partial charge in [-0.2, -0.15) is 4.31 Å². The average molecular weight is 497 g/mol. The minimum atomic E-state index is -3.86. The van der Waals surface area contributed by atoms with Gasteiger partial charge in [0.15, 0.2) is 10.4 Å². The zero-order valence-electron chi connectivity index (χ0n) is 15.7. The number of anilines is 1. The smallest absolute Gasteiger partial charge is 0.322 e. The number of furan rings is 1. The van der Waals surface area contributed by atoms with Crippen molar-refractivity contribution in [3.8, 4) is 17.4 Å². The number of ether oxygens (including phenoxy) is 1. The number of halogens is 1. The molecule has 0 saturated carbocycles. The molecule has 0 aliphatic carbocycles. The lowest BCUT2D eigenvalue weighted by atomic mass is 10.2. The molecule has 1 aliphatic rings. The van der Waals surface area contributed by atoms with Crippen molar-refractivity contribution in [1.82, 2.24) is 14.5 Å². The van der Waals surface area contributed by atoms with E-state index in [1.807, 2.05) is 0 Å². The third-order valence-corrected chi connectivity index (χ3v) is 6.96. The second-order valence-electron chi connectivity index (χ2n) is 6.45. The maximum absolute atomic E-state index is 13.0. The van der Waals surface area contributed by atoms with E-state index in [1.165, 1.54) is 23.5 Å². The average Bonchev–Trinajstić information content (AvgIpc) is 3.48. The van der Waals surface area contributed by atoms with Crippen LogP contribution >= 0.6 is 15.9 Å². The van der Waals surface area contributed by atoms with Crippen molar-refractivity contribution in [2.75, 3.05) is 19.0 Å². The highest BCUT2D eigenvalue weighted by Gasteiger charge is 2.40. The van der Waals surface area contributed by atoms with E-state index < -0.39 is 22.0 Å². The molecule has 158 valence electrons. The number of carbonyl (C=O) groups is 1. The summed E-state index contributed by atoms with van der Waals surface area (Å²) < 4.78 is 43.5. The lowest BCUT2D eigenvalue weighted by molar-refractivity contribution is -0.119. The molecular weight excluding hydrogens is 480 g/mol. The van der Waals surface area contributed by atoms with Crippen molar-refractivity contribution in [2.45, 2.75) is 23.8 Å². The van der Waals surface area contributed by atoms with Gasteiger partial charge >= 0.3 is 6.01 Å². The van der Waals surface area contributed by atoms with Crippen molar-refractivity contribution < 1.29 is 26.8 Å². The Morgan fingerprint density at radius 1 is 1.20 bits per heavy atom. The molecule has 1 N–H and O–H groups in total. The van der Waals surface area contributed by atoms with Crippen LogP contribution in [0.1, 0.15) is 12.8 Å². The van der Waals surface area contributed by atoms with E-state index in [9.17, 15) is 13.2 Å². The lowest BCUT2D eigenvalue weighted by Crippen LogP contribution is -2.43. The SMILES string of the molecule is COc1ccc(S(=O)(=O)N2CCCC2C(=O)Nc2nnc(-c3ccc(Br)o3)o2)cc1. The van der Waals surface area contributed by atoms with E-state index in [2.05, 4.69) is 31.4 Å². The molecule has 3 heterocycles. The summed E-state index contributed by atoms with van der Waals surface area (Å²) in [6.45, 7) is 0.238. The van der Waals surface area contributed by atoms with E-state index >= 15 is 0 Å². The van der Waals surface area contributed by atoms with Crippen LogP contribution in [0.2, 0.25) is 0 Å². The fourth-order valence-corrected chi connectivity index (χ4v) is 5.13. The summed E-state index contributed by atoms with van der Waals surface area (Å²) in [7, 11) is -2.36. The monoisotopic (exact) mass is 496 g/mol. The van der Waals surface area contributed by atoms with Crippen molar-refractivity contribution in [2.24, 2.45) is 0 Å². The zero-order chi connectivity index (χ0) is 21.3. The number of benzene rings is 1. The van der Waals surface area contributed by atoms with Crippen LogP contribution in [0.15, 0.2) is 54.8 Å². The van der Waals surface area contributed by atoms with Crippen LogP contribution in [-0.4, -0.2) is 48.5 Å². The molecule has 1 aromatic carbocycles. The Morgan fingerprint density at radius 3 is 2.63 bits per heavy atom. The number of hydrogen-bond acceptors (Lipinski definition) is 8. The topological polar surface area (TPSA) is 128 Å².